The second-order valence-corrected chi connectivity index (χ2v) is 5.88. The Balaban J connectivity index is 1.96. The van der Waals surface area contributed by atoms with Crippen LogP contribution >= 0.6 is 0 Å². The van der Waals surface area contributed by atoms with Crippen LogP contribution < -0.4 is 5.32 Å². The maximum atomic E-state index is 13.3. The van der Waals surface area contributed by atoms with Crippen LogP contribution in [-0.4, -0.2) is 31.4 Å². The van der Waals surface area contributed by atoms with Gasteiger partial charge in [0.05, 0.1) is 6.61 Å². The molecule has 0 aliphatic carbocycles. The van der Waals surface area contributed by atoms with Crippen LogP contribution in [0.25, 0.3) is 11.1 Å². The van der Waals surface area contributed by atoms with E-state index in [4.69, 9.17) is 4.74 Å². The van der Waals surface area contributed by atoms with Gasteiger partial charge in [-0.15, -0.1) is 0 Å². The van der Waals surface area contributed by atoms with Crippen LogP contribution in [-0.2, 0) is 20.7 Å². The van der Waals surface area contributed by atoms with Gasteiger partial charge in [0.1, 0.15) is 11.9 Å². The summed E-state index contributed by atoms with van der Waals surface area (Å²) in [5, 5.41) is 2.60. The number of aryl methyl sites for hydroxylation is 1. The van der Waals surface area contributed by atoms with Crippen LogP contribution in [0.2, 0.25) is 0 Å². The van der Waals surface area contributed by atoms with Crippen molar-refractivity contribution in [1.82, 2.24) is 5.32 Å². The predicted octanol–water partition coefficient (Wildman–Crippen LogP) is 3.15. The summed E-state index contributed by atoms with van der Waals surface area (Å²) in [7, 11) is 1.49. The van der Waals surface area contributed by atoms with Crippen LogP contribution in [0.1, 0.15) is 18.9 Å². The average Bonchev–Trinajstić information content (AvgIpc) is 2.59. The van der Waals surface area contributed by atoms with Crippen molar-refractivity contribution in [3.8, 4) is 11.1 Å². The molecule has 0 heterocycles. The molecule has 132 valence electrons. The lowest BCUT2D eigenvalue weighted by Gasteiger charge is -2.15. The summed E-state index contributed by atoms with van der Waals surface area (Å²) >= 11 is 0. The zero-order valence-electron chi connectivity index (χ0n) is 14.4. The highest BCUT2D eigenvalue weighted by atomic mass is 19.1. The van der Waals surface area contributed by atoms with Crippen LogP contribution in [0.15, 0.2) is 48.5 Å². The highest BCUT2D eigenvalue weighted by Crippen LogP contribution is 2.21. The quantitative estimate of drug-likeness (QED) is 0.801. The number of hydrogen-bond donors (Lipinski definition) is 1. The molecule has 0 bridgehead atoms. The molecule has 0 aliphatic heterocycles. The van der Waals surface area contributed by atoms with E-state index in [2.05, 4.69) is 5.32 Å². The lowest BCUT2D eigenvalue weighted by Crippen LogP contribution is -2.43. The van der Waals surface area contributed by atoms with E-state index < -0.39 is 6.04 Å². The van der Waals surface area contributed by atoms with Crippen molar-refractivity contribution in [3.63, 3.8) is 0 Å². The van der Waals surface area contributed by atoms with Crippen molar-refractivity contribution in [2.75, 3.05) is 13.7 Å². The minimum atomic E-state index is -0.617. The first-order valence-electron chi connectivity index (χ1n) is 8.13. The monoisotopic (exact) mass is 343 g/mol. The Hall–Kier alpha value is -2.53. The predicted molar refractivity (Wildman–Crippen MR) is 94.6 cm³/mol. The smallest absolute Gasteiger partial charge is 0.217 e. The maximum Gasteiger partial charge on any atom is 0.217 e. The Bertz CT molecular complexity index is 728. The number of ether oxygens (including phenoxy) is 1. The number of amides is 1. The van der Waals surface area contributed by atoms with Gasteiger partial charge in [-0.05, 0) is 35.2 Å². The van der Waals surface area contributed by atoms with Crippen LogP contribution in [0.4, 0.5) is 4.39 Å². The van der Waals surface area contributed by atoms with E-state index in [9.17, 15) is 14.0 Å². The largest absolute Gasteiger partial charge is 0.382 e. The molecule has 2 aromatic rings. The van der Waals surface area contributed by atoms with E-state index in [0.717, 1.165) is 16.7 Å². The van der Waals surface area contributed by atoms with Crippen molar-refractivity contribution in [1.29, 1.82) is 0 Å². The summed E-state index contributed by atoms with van der Waals surface area (Å²) in [6.07, 6.45) is 0.885. The Kier molecular flexibility index (Phi) is 6.83. The number of ketones is 1. The Morgan fingerprint density at radius 2 is 1.84 bits per heavy atom. The topological polar surface area (TPSA) is 55.4 Å². The molecule has 2 rings (SSSR count). The molecule has 1 N–H and O–H groups in total. The van der Waals surface area contributed by atoms with Crippen molar-refractivity contribution in [2.45, 2.75) is 25.8 Å². The third kappa shape index (κ3) is 5.80. The van der Waals surface area contributed by atoms with E-state index in [-0.39, 0.29) is 24.1 Å². The van der Waals surface area contributed by atoms with Gasteiger partial charge in [-0.25, -0.2) is 4.39 Å². The van der Waals surface area contributed by atoms with E-state index in [1.54, 1.807) is 6.07 Å². The number of Topliss-reactive ketones (excluding diaryl/α,β-unsaturated/α-hetero) is 1. The summed E-state index contributed by atoms with van der Waals surface area (Å²) in [4.78, 5) is 23.4. The molecule has 4 nitrogen and oxygen atoms in total. The molecule has 0 saturated heterocycles. The van der Waals surface area contributed by atoms with Gasteiger partial charge in [0.25, 0.3) is 0 Å². The van der Waals surface area contributed by atoms with Crippen LogP contribution in [0.3, 0.4) is 0 Å². The van der Waals surface area contributed by atoms with Crippen LogP contribution in [0, 0.1) is 5.82 Å². The van der Waals surface area contributed by atoms with E-state index in [1.807, 2.05) is 30.3 Å². The molecule has 0 aliphatic rings. The maximum absolute atomic E-state index is 13.3. The Labute approximate surface area is 147 Å². The normalized spacial score (nSPS) is 11.8. The number of carbonyl (C=O) groups excluding carboxylic acids is 2. The molecular formula is C20H22FNO3. The second-order valence-electron chi connectivity index (χ2n) is 5.88. The Morgan fingerprint density at radius 3 is 2.44 bits per heavy atom. The van der Waals surface area contributed by atoms with Crippen molar-refractivity contribution in [2.24, 2.45) is 0 Å². The number of methoxy groups -OCH3 is 1. The fourth-order valence-corrected chi connectivity index (χ4v) is 2.60. The lowest BCUT2D eigenvalue weighted by atomic mass is 10.00. The summed E-state index contributed by atoms with van der Waals surface area (Å²) in [6.45, 7) is 1.54. The molecule has 0 saturated carbocycles. The summed E-state index contributed by atoms with van der Waals surface area (Å²) in [5.74, 6) is -0.588. The third-order valence-electron chi connectivity index (χ3n) is 3.87. The SMILES string of the molecule is COC[C@@H](NC(C)=O)C(=O)CCc1ccc(-c2cccc(F)c2)cc1. The molecule has 0 aromatic heterocycles. The molecule has 2 aromatic carbocycles. The van der Waals surface area contributed by atoms with Crippen molar-refractivity contribution < 1.29 is 18.7 Å². The molecule has 0 unspecified atom stereocenters. The molecule has 1 atom stereocenters. The number of rotatable bonds is 8. The minimum Gasteiger partial charge on any atom is -0.382 e. The first-order valence-corrected chi connectivity index (χ1v) is 8.13. The number of nitrogens with one attached hydrogen (secondary N) is 1. The van der Waals surface area contributed by atoms with Gasteiger partial charge in [0, 0.05) is 20.5 Å². The van der Waals surface area contributed by atoms with Crippen molar-refractivity contribution in [3.05, 3.63) is 59.9 Å². The van der Waals surface area contributed by atoms with Gasteiger partial charge < -0.3 is 10.1 Å². The van der Waals surface area contributed by atoms with Crippen molar-refractivity contribution >= 4 is 11.7 Å². The lowest BCUT2D eigenvalue weighted by molar-refractivity contribution is -0.128. The highest BCUT2D eigenvalue weighted by molar-refractivity contribution is 5.88. The summed E-state index contributed by atoms with van der Waals surface area (Å²) in [6, 6.07) is 13.5. The van der Waals surface area contributed by atoms with E-state index in [1.165, 1.54) is 26.2 Å². The zero-order chi connectivity index (χ0) is 18.2. The molecule has 0 spiro atoms. The third-order valence-corrected chi connectivity index (χ3v) is 3.87. The Morgan fingerprint density at radius 1 is 1.12 bits per heavy atom. The molecule has 0 radical (unpaired) electrons. The highest BCUT2D eigenvalue weighted by Gasteiger charge is 2.18. The first-order chi connectivity index (χ1) is 12.0. The van der Waals surface area contributed by atoms with Gasteiger partial charge in [0.2, 0.25) is 5.91 Å². The first kappa shape index (κ1) is 18.8. The van der Waals surface area contributed by atoms with E-state index >= 15 is 0 Å². The molecule has 0 fully saturated rings. The van der Waals surface area contributed by atoms with Gasteiger partial charge in [-0.3, -0.25) is 9.59 Å². The van der Waals surface area contributed by atoms with E-state index in [0.29, 0.717) is 12.8 Å². The average molecular weight is 343 g/mol. The number of halogens is 1. The number of benzene rings is 2. The number of carbonyl (C=O) groups is 2. The van der Waals surface area contributed by atoms with Gasteiger partial charge in [0.15, 0.2) is 5.78 Å². The summed E-state index contributed by atoms with van der Waals surface area (Å²) in [5.41, 5.74) is 2.74. The van der Waals surface area contributed by atoms with Gasteiger partial charge in [-0.2, -0.15) is 0 Å². The molecule has 5 heteroatoms. The molecule has 25 heavy (non-hydrogen) atoms. The fourth-order valence-electron chi connectivity index (χ4n) is 2.60. The summed E-state index contributed by atoms with van der Waals surface area (Å²) < 4.78 is 18.3. The standard InChI is InChI=1S/C20H22FNO3/c1-14(23)22-19(13-25-2)20(24)11-8-15-6-9-16(10-7-15)17-4-3-5-18(21)12-17/h3-7,9-10,12,19H,8,11,13H2,1-2H3,(H,22,23)/t19-/m1/s1. The zero-order valence-corrected chi connectivity index (χ0v) is 14.4. The second kappa shape index (κ2) is 9.08. The molecule has 1 amide bonds. The molecular weight excluding hydrogens is 321 g/mol. The fraction of sp³-hybridized carbons (Fsp3) is 0.300. The number of hydrogen-bond acceptors (Lipinski definition) is 3. The van der Waals surface area contributed by atoms with Crippen LogP contribution in [0.5, 0.6) is 0 Å². The van der Waals surface area contributed by atoms with Gasteiger partial charge >= 0.3 is 0 Å². The minimum absolute atomic E-state index is 0.0637. The van der Waals surface area contributed by atoms with Gasteiger partial charge in [-0.1, -0.05) is 36.4 Å².